The van der Waals surface area contributed by atoms with Crippen molar-refractivity contribution in [1.29, 1.82) is 0 Å². The number of aryl methyl sites for hydroxylation is 1. The zero-order valence-electron chi connectivity index (χ0n) is 17.6. The smallest absolute Gasteiger partial charge is 0.433 e. The van der Waals surface area contributed by atoms with Gasteiger partial charge in [-0.25, -0.2) is 19.9 Å². The number of aromatic amines is 1. The van der Waals surface area contributed by atoms with Gasteiger partial charge in [-0.15, -0.1) is 0 Å². The highest BCUT2D eigenvalue weighted by Crippen LogP contribution is 2.37. The van der Waals surface area contributed by atoms with Crippen LogP contribution in [0.2, 0.25) is 5.15 Å². The fourth-order valence-corrected chi connectivity index (χ4v) is 3.94. The van der Waals surface area contributed by atoms with Crippen molar-refractivity contribution < 1.29 is 17.9 Å². The molecular weight excluding hydrogens is 469 g/mol. The van der Waals surface area contributed by atoms with Gasteiger partial charge >= 0.3 is 6.18 Å². The SMILES string of the molecule is Cc1cc(-c2cn(Cc3cnc[nH]3)c3ccnc(Cl)c23)cc(Oc2ccc(C(F)(F)F)nc2)n1. The Balaban J connectivity index is 1.54. The Kier molecular flexibility index (Phi) is 5.45. The first-order valence-corrected chi connectivity index (χ1v) is 10.5. The van der Waals surface area contributed by atoms with Crippen molar-refractivity contribution in [1.82, 2.24) is 29.5 Å². The van der Waals surface area contributed by atoms with Crippen LogP contribution in [0.25, 0.3) is 22.0 Å². The number of ether oxygens (including phenoxy) is 1. The molecule has 0 aliphatic carbocycles. The zero-order chi connectivity index (χ0) is 23.9. The molecule has 172 valence electrons. The summed E-state index contributed by atoms with van der Waals surface area (Å²) in [5, 5.41) is 1.11. The van der Waals surface area contributed by atoms with Gasteiger partial charge in [-0.1, -0.05) is 11.6 Å². The van der Waals surface area contributed by atoms with Crippen molar-refractivity contribution in [3.05, 3.63) is 83.7 Å². The zero-order valence-corrected chi connectivity index (χ0v) is 18.4. The number of alkyl halides is 3. The van der Waals surface area contributed by atoms with Gasteiger partial charge in [0, 0.05) is 41.3 Å². The van der Waals surface area contributed by atoms with Gasteiger partial charge in [0.15, 0.2) is 0 Å². The van der Waals surface area contributed by atoms with Gasteiger partial charge in [-0.3, -0.25) is 0 Å². The number of pyridine rings is 3. The summed E-state index contributed by atoms with van der Waals surface area (Å²) in [6.45, 7) is 2.34. The lowest BCUT2D eigenvalue weighted by Crippen LogP contribution is -2.07. The molecule has 0 amide bonds. The van der Waals surface area contributed by atoms with Crippen LogP contribution in [-0.2, 0) is 12.7 Å². The summed E-state index contributed by atoms with van der Waals surface area (Å²) in [5.74, 6) is 0.351. The molecule has 0 saturated carbocycles. The topological polar surface area (TPSA) is 81.5 Å². The average Bonchev–Trinajstić information content (AvgIpc) is 3.42. The molecule has 5 heterocycles. The summed E-state index contributed by atoms with van der Waals surface area (Å²) in [5.41, 5.74) is 3.04. The van der Waals surface area contributed by atoms with Gasteiger partial charge in [0.05, 0.1) is 30.3 Å². The molecule has 0 atom stereocenters. The Labute approximate surface area is 196 Å². The molecule has 0 aliphatic rings. The van der Waals surface area contributed by atoms with Gasteiger partial charge in [0.2, 0.25) is 5.88 Å². The van der Waals surface area contributed by atoms with Gasteiger partial charge < -0.3 is 14.3 Å². The van der Waals surface area contributed by atoms with Crippen molar-refractivity contribution in [3.63, 3.8) is 0 Å². The Hall–Kier alpha value is -3.92. The molecule has 0 aliphatic heterocycles. The molecule has 0 spiro atoms. The summed E-state index contributed by atoms with van der Waals surface area (Å²) in [4.78, 5) is 19.2. The van der Waals surface area contributed by atoms with E-state index in [1.807, 2.05) is 22.9 Å². The van der Waals surface area contributed by atoms with Crippen LogP contribution in [0, 0.1) is 6.92 Å². The molecule has 7 nitrogen and oxygen atoms in total. The third-order valence-electron chi connectivity index (χ3n) is 5.13. The maximum Gasteiger partial charge on any atom is 0.433 e. The molecule has 0 radical (unpaired) electrons. The second-order valence-corrected chi connectivity index (χ2v) is 7.92. The van der Waals surface area contributed by atoms with Crippen molar-refractivity contribution in [2.75, 3.05) is 0 Å². The minimum Gasteiger partial charge on any atom is -0.437 e. The van der Waals surface area contributed by atoms with Crippen molar-refractivity contribution in [3.8, 4) is 22.8 Å². The predicted octanol–water partition coefficient (Wildman–Crippen LogP) is 6.04. The third-order valence-corrected chi connectivity index (χ3v) is 5.42. The van der Waals surface area contributed by atoms with Gasteiger partial charge in [-0.2, -0.15) is 13.2 Å². The fraction of sp³-hybridized carbons (Fsp3) is 0.130. The minimum atomic E-state index is -4.52. The molecule has 0 bridgehead atoms. The van der Waals surface area contributed by atoms with E-state index in [1.54, 1.807) is 31.7 Å². The maximum absolute atomic E-state index is 12.8. The van der Waals surface area contributed by atoms with Crippen LogP contribution in [0.1, 0.15) is 17.1 Å². The summed E-state index contributed by atoms with van der Waals surface area (Å²) in [6.07, 6.45) is 3.45. The van der Waals surface area contributed by atoms with Crippen molar-refractivity contribution >= 4 is 22.5 Å². The summed E-state index contributed by atoms with van der Waals surface area (Å²) < 4.78 is 46.1. The Morgan fingerprint density at radius 3 is 2.68 bits per heavy atom. The van der Waals surface area contributed by atoms with E-state index in [-0.39, 0.29) is 11.6 Å². The largest absolute Gasteiger partial charge is 0.437 e. The van der Waals surface area contributed by atoms with Crippen LogP contribution in [0.4, 0.5) is 13.2 Å². The van der Waals surface area contributed by atoms with E-state index >= 15 is 0 Å². The number of H-pyrrole nitrogens is 1. The highest BCUT2D eigenvalue weighted by molar-refractivity contribution is 6.35. The average molecular weight is 485 g/mol. The van der Waals surface area contributed by atoms with Gasteiger partial charge in [0.1, 0.15) is 16.6 Å². The number of imidazole rings is 1. The summed E-state index contributed by atoms with van der Waals surface area (Å²) in [7, 11) is 0. The monoisotopic (exact) mass is 484 g/mol. The van der Waals surface area contributed by atoms with E-state index < -0.39 is 11.9 Å². The molecule has 11 heteroatoms. The number of fused-ring (bicyclic) bond motifs is 1. The number of halogens is 4. The van der Waals surface area contributed by atoms with Crippen LogP contribution < -0.4 is 4.74 Å². The van der Waals surface area contributed by atoms with Crippen LogP contribution in [-0.4, -0.2) is 29.5 Å². The number of hydrogen-bond donors (Lipinski definition) is 1. The van der Waals surface area contributed by atoms with Gasteiger partial charge in [0.25, 0.3) is 0 Å². The molecule has 5 aromatic heterocycles. The summed E-state index contributed by atoms with van der Waals surface area (Å²) >= 11 is 6.48. The molecule has 0 fully saturated rings. The predicted molar refractivity (Wildman–Crippen MR) is 120 cm³/mol. The van der Waals surface area contributed by atoms with Crippen LogP contribution in [0.3, 0.4) is 0 Å². The highest BCUT2D eigenvalue weighted by atomic mass is 35.5. The quantitative estimate of drug-likeness (QED) is 0.308. The number of rotatable bonds is 5. The fourth-order valence-electron chi connectivity index (χ4n) is 3.68. The molecule has 0 unspecified atom stereocenters. The molecule has 1 N–H and O–H groups in total. The van der Waals surface area contributed by atoms with E-state index in [0.29, 0.717) is 17.4 Å². The molecule has 34 heavy (non-hydrogen) atoms. The highest BCUT2D eigenvalue weighted by Gasteiger charge is 2.32. The van der Waals surface area contributed by atoms with E-state index in [9.17, 15) is 13.2 Å². The first kappa shape index (κ1) is 21.9. The lowest BCUT2D eigenvalue weighted by molar-refractivity contribution is -0.141. The maximum atomic E-state index is 12.8. The first-order valence-electron chi connectivity index (χ1n) is 10.1. The minimum absolute atomic E-state index is 0.137. The molecule has 0 aromatic carbocycles. The lowest BCUT2D eigenvalue weighted by atomic mass is 10.1. The van der Waals surface area contributed by atoms with Crippen LogP contribution >= 0.6 is 11.6 Å². The number of nitrogens with zero attached hydrogens (tertiary/aromatic N) is 5. The van der Waals surface area contributed by atoms with Gasteiger partial charge in [-0.05, 0) is 36.8 Å². The van der Waals surface area contributed by atoms with Crippen molar-refractivity contribution in [2.24, 2.45) is 0 Å². The van der Waals surface area contributed by atoms with E-state index in [4.69, 9.17) is 16.3 Å². The third kappa shape index (κ3) is 4.32. The van der Waals surface area contributed by atoms with E-state index in [0.717, 1.165) is 40.0 Å². The molecular formula is C23H16ClF3N6O. The standard InChI is InChI=1S/C23H16ClF3N6O/c1-13-6-14(7-20(32-13)34-16-2-3-19(30-9-16)23(25,26)27)17-11-33(10-15-8-28-12-31-15)18-4-5-29-22(24)21(17)18/h2-9,11-12H,10H2,1H3,(H,28,31). The number of nitrogens with one attached hydrogen (secondary N) is 1. The Bertz CT molecular complexity index is 1460. The second kappa shape index (κ2) is 8.45. The lowest BCUT2D eigenvalue weighted by Gasteiger charge is -2.10. The van der Waals surface area contributed by atoms with Crippen molar-refractivity contribution in [2.45, 2.75) is 19.6 Å². The normalized spacial score (nSPS) is 11.8. The van der Waals surface area contributed by atoms with E-state index in [1.165, 1.54) is 6.07 Å². The van der Waals surface area contributed by atoms with Crippen LogP contribution in [0.5, 0.6) is 11.6 Å². The Morgan fingerprint density at radius 2 is 1.97 bits per heavy atom. The first-order chi connectivity index (χ1) is 16.3. The molecule has 5 aromatic rings. The summed E-state index contributed by atoms with van der Waals surface area (Å²) in [6, 6.07) is 7.51. The molecule has 0 saturated heterocycles. The molecule has 5 rings (SSSR count). The van der Waals surface area contributed by atoms with E-state index in [2.05, 4.69) is 24.9 Å². The second-order valence-electron chi connectivity index (χ2n) is 7.56. The number of aromatic nitrogens is 6. The van der Waals surface area contributed by atoms with Crippen LogP contribution in [0.15, 0.2) is 61.4 Å². The number of hydrogen-bond acceptors (Lipinski definition) is 5. The Morgan fingerprint density at radius 1 is 1.12 bits per heavy atom.